The normalized spacial score (nSPS) is 12.1. The van der Waals surface area contributed by atoms with E-state index < -0.39 is 0 Å². The van der Waals surface area contributed by atoms with Gasteiger partial charge in [0.2, 0.25) is 0 Å². The molecule has 0 radical (unpaired) electrons. The lowest BCUT2D eigenvalue weighted by Crippen LogP contribution is -2.19. The third-order valence-corrected chi connectivity index (χ3v) is 3.06. The maximum Gasteiger partial charge on any atom is 0.119 e. The van der Waals surface area contributed by atoms with Gasteiger partial charge in [0.15, 0.2) is 0 Å². The highest BCUT2D eigenvalue weighted by Crippen LogP contribution is 2.18. The Bertz CT molecular complexity index is 478. The second-order valence-electron chi connectivity index (χ2n) is 4.37. The van der Waals surface area contributed by atoms with Gasteiger partial charge in [-0.3, -0.25) is 0 Å². The lowest BCUT2D eigenvalue weighted by atomic mass is 10.1. The number of nitrogens with one attached hydrogen (secondary N) is 1. The molecule has 0 aliphatic heterocycles. The van der Waals surface area contributed by atoms with Gasteiger partial charge in [-0.2, -0.15) is 0 Å². The first kappa shape index (κ1) is 13.6. The van der Waals surface area contributed by atoms with Gasteiger partial charge in [-0.15, -0.1) is 0 Å². The van der Waals surface area contributed by atoms with Gasteiger partial charge in [0.1, 0.15) is 12.4 Å². The number of ether oxygens (including phenoxy) is 1. The molecule has 0 spiro atoms. The SMILES string of the molecule is CNC(CO)c1ccc(OCc2ccccc2)cc1. The Morgan fingerprint density at radius 2 is 1.74 bits per heavy atom. The van der Waals surface area contributed by atoms with Crippen molar-refractivity contribution in [3.63, 3.8) is 0 Å². The number of likely N-dealkylation sites (N-methyl/N-ethyl adjacent to an activating group) is 1. The number of aliphatic hydroxyl groups is 1. The van der Waals surface area contributed by atoms with Crippen molar-refractivity contribution in [1.29, 1.82) is 0 Å². The minimum absolute atomic E-state index is 0.0248. The van der Waals surface area contributed by atoms with Crippen LogP contribution in [-0.4, -0.2) is 18.8 Å². The first-order valence-electron chi connectivity index (χ1n) is 6.38. The molecule has 0 aromatic heterocycles. The fourth-order valence-electron chi connectivity index (χ4n) is 1.90. The maximum absolute atomic E-state index is 9.21. The minimum Gasteiger partial charge on any atom is -0.489 e. The minimum atomic E-state index is -0.0248. The number of hydrogen-bond acceptors (Lipinski definition) is 3. The van der Waals surface area contributed by atoms with Gasteiger partial charge in [-0.1, -0.05) is 42.5 Å². The first-order valence-corrected chi connectivity index (χ1v) is 6.38. The summed E-state index contributed by atoms with van der Waals surface area (Å²) in [5, 5.41) is 12.3. The van der Waals surface area contributed by atoms with E-state index in [2.05, 4.69) is 5.32 Å². The zero-order chi connectivity index (χ0) is 13.5. The van der Waals surface area contributed by atoms with E-state index in [0.717, 1.165) is 16.9 Å². The van der Waals surface area contributed by atoms with Crippen molar-refractivity contribution in [2.24, 2.45) is 0 Å². The second-order valence-corrected chi connectivity index (χ2v) is 4.37. The summed E-state index contributed by atoms with van der Waals surface area (Å²) >= 11 is 0. The van der Waals surface area contributed by atoms with E-state index in [1.54, 1.807) is 0 Å². The molecule has 0 saturated carbocycles. The predicted molar refractivity (Wildman–Crippen MR) is 76.1 cm³/mol. The Labute approximate surface area is 113 Å². The van der Waals surface area contributed by atoms with Crippen molar-refractivity contribution in [2.75, 3.05) is 13.7 Å². The van der Waals surface area contributed by atoms with Gasteiger partial charge in [0, 0.05) is 0 Å². The third-order valence-electron chi connectivity index (χ3n) is 3.06. The maximum atomic E-state index is 9.21. The van der Waals surface area contributed by atoms with Crippen LogP contribution >= 0.6 is 0 Å². The van der Waals surface area contributed by atoms with Crippen LogP contribution in [0.1, 0.15) is 17.2 Å². The average molecular weight is 257 g/mol. The van der Waals surface area contributed by atoms with E-state index in [1.807, 2.05) is 61.6 Å². The molecule has 0 saturated heterocycles. The van der Waals surface area contributed by atoms with E-state index in [4.69, 9.17) is 4.74 Å². The first-order chi connectivity index (χ1) is 9.33. The molecule has 0 heterocycles. The van der Waals surface area contributed by atoms with E-state index in [9.17, 15) is 5.11 Å². The summed E-state index contributed by atoms with van der Waals surface area (Å²) in [6.07, 6.45) is 0. The van der Waals surface area contributed by atoms with Crippen molar-refractivity contribution < 1.29 is 9.84 Å². The second kappa shape index (κ2) is 6.92. The highest BCUT2D eigenvalue weighted by Gasteiger charge is 2.07. The summed E-state index contributed by atoms with van der Waals surface area (Å²) in [7, 11) is 1.83. The number of hydrogen-bond donors (Lipinski definition) is 2. The smallest absolute Gasteiger partial charge is 0.119 e. The van der Waals surface area contributed by atoms with Crippen LogP contribution < -0.4 is 10.1 Å². The number of aliphatic hydroxyl groups excluding tert-OH is 1. The zero-order valence-electron chi connectivity index (χ0n) is 11.0. The molecule has 3 heteroatoms. The van der Waals surface area contributed by atoms with E-state index in [1.165, 1.54) is 0 Å². The highest BCUT2D eigenvalue weighted by atomic mass is 16.5. The largest absolute Gasteiger partial charge is 0.489 e. The Hall–Kier alpha value is -1.84. The quantitative estimate of drug-likeness (QED) is 0.835. The standard InChI is InChI=1S/C16H19NO2/c1-17-16(11-18)14-7-9-15(10-8-14)19-12-13-5-3-2-4-6-13/h2-10,16-18H,11-12H2,1H3. The molecule has 100 valence electrons. The van der Waals surface area contributed by atoms with Crippen LogP contribution in [0, 0.1) is 0 Å². The van der Waals surface area contributed by atoms with Crippen LogP contribution in [0.2, 0.25) is 0 Å². The summed E-state index contributed by atoms with van der Waals surface area (Å²) in [4.78, 5) is 0. The molecule has 0 bridgehead atoms. The summed E-state index contributed by atoms with van der Waals surface area (Å²) in [5.74, 6) is 0.834. The lowest BCUT2D eigenvalue weighted by molar-refractivity contribution is 0.250. The Morgan fingerprint density at radius 1 is 1.05 bits per heavy atom. The molecule has 19 heavy (non-hydrogen) atoms. The van der Waals surface area contributed by atoms with Crippen LogP contribution in [-0.2, 0) is 6.61 Å². The van der Waals surface area contributed by atoms with Crippen molar-refractivity contribution in [3.05, 3.63) is 65.7 Å². The molecule has 0 fully saturated rings. The third kappa shape index (κ3) is 3.81. The summed E-state index contributed by atoms with van der Waals surface area (Å²) < 4.78 is 5.71. The van der Waals surface area contributed by atoms with Gasteiger partial charge >= 0.3 is 0 Å². The van der Waals surface area contributed by atoms with Crippen LogP contribution in [0.3, 0.4) is 0 Å². The number of benzene rings is 2. The molecule has 3 nitrogen and oxygen atoms in total. The van der Waals surface area contributed by atoms with Gasteiger partial charge in [-0.05, 0) is 30.3 Å². The molecule has 2 N–H and O–H groups in total. The fourth-order valence-corrected chi connectivity index (χ4v) is 1.90. The Kier molecular flexibility index (Phi) is 4.95. The van der Waals surface area contributed by atoms with Crippen molar-refractivity contribution in [1.82, 2.24) is 5.32 Å². The number of rotatable bonds is 6. The van der Waals surface area contributed by atoms with Crippen LogP contribution in [0.4, 0.5) is 0 Å². The van der Waals surface area contributed by atoms with Crippen LogP contribution in [0.15, 0.2) is 54.6 Å². The van der Waals surface area contributed by atoms with E-state index >= 15 is 0 Å². The molecule has 0 aliphatic rings. The molecule has 2 aromatic carbocycles. The van der Waals surface area contributed by atoms with Gasteiger partial charge in [0.05, 0.1) is 12.6 Å². The molecule has 0 amide bonds. The summed E-state index contributed by atoms with van der Waals surface area (Å²) in [5.41, 5.74) is 2.20. The van der Waals surface area contributed by atoms with E-state index in [0.29, 0.717) is 6.61 Å². The molecular formula is C16H19NO2. The monoisotopic (exact) mass is 257 g/mol. The summed E-state index contributed by atoms with van der Waals surface area (Å²) in [6, 6.07) is 17.8. The molecule has 0 aliphatic carbocycles. The molecular weight excluding hydrogens is 238 g/mol. The molecule has 2 rings (SSSR count). The van der Waals surface area contributed by atoms with Crippen LogP contribution in [0.25, 0.3) is 0 Å². The van der Waals surface area contributed by atoms with Crippen molar-refractivity contribution in [2.45, 2.75) is 12.6 Å². The molecule has 1 unspecified atom stereocenters. The molecule has 2 aromatic rings. The van der Waals surface area contributed by atoms with Gasteiger partial charge < -0.3 is 15.2 Å². The predicted octanol–water partition coefficient (Wildman–Crippen LogP) is 2.52. The highest BCUT2D eigenvalue weighted by molar-refractivity contribution is 5.29. The molecule has 1 atom stereocenters. The topological polar surface area (TPSA) is 41.5 Å². The lowest BCUT2D eigenvalue weighted by Gasteiger charge is -2.14. The Morgan fingerprint density at radius 3 is 2.32 bits per heavy atom. The van der Waals surface area contributed by atoms with E-state index in [-0.39, 0.29) is 12.6 Å². The van der Waals surface area contributed by atoms with Gasteiger partial charge in [0.25, 0.3) is 0 Å². The average Bonchev–Trinajstić information content (AvgIpc) is 2.49. The Balaban J connectivity index is 1.95. The van der Waals surface area contributed by atoms with Crippen molar-refractivity contribution >= 4 is 0 Å². The summed E-state index contributed by atoms with van der Waals surface area (Å²) in [6.45, 7) is 0.649. The van der Waals surface area contributed by atoms with Gasteiger partial charge in [-0.25, -0.2) is 0 Å². The van der Waals surface area contributed by atoms with Crippen LogP contribution in [0.5, 0.6) is 5.75 Å². The van der Waals surface area contributed by atoms with Crippen molar-refractivity contribution in [3.8, 4) is 5.75 Å². The fraction of sp³-hybridized carbons (Fsp3) is 0.250. The zero-order valence-corrected chi connectivity index (χ0v) is 11.0.